The molecule has 1 aromatic carbocycles. The van der Waals surface area contributed by atoms with Crippen molar-refractivity contribution in [3.63, 3.8) is 0 Å². The van der Waals surface area contributed by atoms with Gasteiger partial charge < -0.3 is 4.74 Å². The highest BCUT2D eigenvalue weighted by atomic mass is 32.2. The molecule has 1 atom stereocenters. The Kier molecular flexibility index (Phi) is 4.00. The Hall–Kier alpha value is -1.57. The number of thiophene rings is 1. The van der Waals surface area contributed by atoms with Crippen LogP contribution in [0, 0.1) is 0 Å². The summed E-state index contributed by atoms with van der Waals surface area (Å²) in [5.74, 6) is 1.47. The van der Waals surface area contributed by atoms with Gasteiger partial charge in [0.15, 0.2) is 5.13 Å². The Labute approximate surface area is 146 Å². The van der Waals surface area contributed by atoms with Crippen LogP contribution < -0.4 is 9.64 Å². The molecule has 7 heteroatoms. The number of aromatic nitrogens is 1. The summed E-state index contributed by atoms with van der Waals surface area (Å²) < 4.78 is 6.59. The molecule has 118 valence electrons. The first-order chi connectivity index (χ1) is 11.3. The summed E-state index contributed by atoms with van der Waals surface area (Å²) in [7, 11) is 0. The molecular weight excluding hydrogens is 348 g/mol. The highest BCUT2D eigenvalue weighted by Crippen LogP contribution is 2.45. The number of carbonyl (C=O) groups is 1. The molecule has 1 fully saturated rings. The molecule has 0 bridgehead atoms. The van der Waals surface area contributed by atoms with Crippen LogP contribution in [0.15, 0.2) is 35.7 Å². The van der Waals surface area contributed by atoms with E-state index in [0.29, 0.717) is 12.4 Å². The average Bonchev–Trinajstić information content (AvgIpc) is 3.24. The van der Waals surface area contributed by atoms with Gasteiger partial charge in [-0.2, -0.15) is 0 Å². The van der Waals surface area contributed by atoms with Crippen molar-refractivity contribution in [1.82, 2.24) is 4.98 Å². The quantitative estimate of drug-likeness (QED) is 0.684. The van der Waals surface area contributed by atoms with Crippen LogP contribution in [-0.2, 0) is 4.79 Å². The summed E-state index contributed by atoms with van der Waals surface area (Å²) in [6.07, 6.45) is 0. The fraction of sp³-hybridized carbons (Fsp3) is 0.250. The molecule has 0 N–H and O–H groups in total. The predicted octanol–water partition coefficient (Wildman–Crippen LogP) is 4.54. The summed E-state index contributed by atoms with van der Waals surface area (Å²) >= 11 is 4.88. The van der Waals surface area contributed by atoms with Gasteiger partial charge in [0.1, 0.15) is 11.1 Å². The largest absolute Gasteiger partial charge is 0.494 e. The molecule has 23 heavy (non-hydrogen) atoms. The van der Waals surface area contributed by atoms with E-state index < -0.39 is 0 Å². The molecule has 2 aromatic heterocycles. The molecule has 1 aliphatic heterocycles. The zero-order valence-corrected chi connectivity index (χ0v) is 14.8. The van der Waals surface area contributed by atoms with Crippen molar-refractivity contribution in [2.24, 2.45) is 0 Å². The lowest BCUT2D eigenvalue weighted by molar-refractivity contribution is -0.115. The molecule has 0 spiro atoms. The highest BCUT2D eigenvalue weighted by Gasteiger charge is 2.36. The van der Waals surface area contributed by atoms with Gasteiger partial charge in [0, 0.05) is 4.88 Å². The molecular formula is C16H14N2O2S3. The van der Waals surface area contributed by atoms with Crippen molar-refractivity contribution >= 4 is 55.7 Å². The van der Waals surface area contributed by atoms with E-state index in [9.17, 15) is 4.79 Å². The second-order valence-corrected chi connectivity index (χ2v) is 8.06. The fourth-order valence-electron chi connectivity index (χ4n) is 2.53. The van der Waals surface area contributed by atoms with Crippen LogP contribution in [0.2, 0.25) is 0 Å². The van der Waals surface area contributed by atoms with Gasteiger partial charge in [0.05, 0.1) is 22.6 Å². The van der Waals surface area contributed by atoms with Crippen LogP contribution >= 0.6 is 34.4 Å². The number of amides is 1. The number of anilines is 1. The van der Waals surface area contributed by atoms with Crippen LogP contribution in [0.1, 0.15) is 17.2 Å². The van der Waals surface area contributed by atoms with E-state index in [1.165, 1.54) is 4.88 Å². The van der Waals surface area contributed by atoms with Crippen molar-refractivity contribution in [3.05, 3.63) is 40.6 Å². The van der Waals surface area contributed by atoms with E-state index in [0.717, 1.165) is 21.1 Å². The third kappa shape index (κ3) is 2.73. The van der Waals surface area contributed by atoms with Gasteiger partial charge in [-0.25, -0.2) is 4.98 Å². The molecule has 4 rings (SSSR count). The SMILES string of the molecule is CCOc1ccc2nc(N3C(=O)CS[C@H]3c3cccs3)sc2c1. The van der Waals surface area contributed by atoms with Gasteiger partial charge >= 0.3 is 0 Å². The smallest absolute Gasteiger partial charge is 0.240 e. The van der Waals surface area contributed by atoms with Crippen molar-refractivity contribution in [2.75, 3.05) is 17.3 Å². The van der Waals surface area contributed by atoms with Crippen molar-refractivity contribution < 1.29 is 9.53 Å². The molecule has 0 radical (unpaired) electrons. The minimum Gasteiger partial charge on any atom is -0.494 e. The number of hydrogen-bond donors (Lipinski definition) is 0. The number of benzene rings is 1. The molecule has 0 unspecified atom stereocenters. The summed E-state index contributed by atoms with van der Waals surface area (Å²) in [5, 5.41) is 2.85. The Morgan fingerprint density at radius 2 is 2.30 bits per heavy atom. The van der Waals surface area contributed by atoms with Gasteiger partial charge in [0.25, 0.3) is 0 Å². The summed E-state index contributed by atoms with van der Waals surface area (Å²) in [5.41, 5.74) is 0.906. The zero-order chi connectivity index (χ0) is 15.8. The second-order valence-electron chi connectivity index (χ2n) is 5.00. The number of rotatable bonds is 4. The molecule has 3 aromatic rings. The predicted molar refractivity (Wildman–Crippen MR) is 97.8 cm³/mol. The van der Waals surface area contributed by atoms with Gasteiger partial charge in [-0.05, 0) is 36.6 Å². The van der Waals surface area contributed by atoms with Crippen molar-refractivity contribution in [2.45, 2.75) is 12.3 Å². The topological polar surface area (TPSA) is 42.4 Å². The van der Waals surface area contributed by atoms with E-state index in [2.05, 4.69) is 11.1 Å². The molecule has 1 saturated heterocycles. The number of carbonyl (C=O) groups excluding carboxylic acids is 1. The monoisotopic (exact) mass is 362 g/mol. The van der Waals surface area contributed by atoms with E-state index in [-0.39, 0.29) is 11.3 Å². The standard InChI is InChI=1S/C16H14N2O2S3/c1-2-20-10-5-6-11-13(8-10)23-16(17-11)18-14(19)9-22-15(18)12-4-3-7-21-12/h3-8,15H,2,9H2,1H3/t15-/m0/s1. The first-order valence-corrected chi connectivity index (χ1v) is 10.0. The molecule has 4 nitrogen and oxygen atoms in total. The Balaban J connectivity index is 1.73. The fourth-order valence-corrected chi connectivity index (χ4v) is 5.74. The lowest BCUT2D eigenvalue weighted by Gasteiger charge is -2.19. The van der Waals surface area contributed by atoms with E-state index in [4.69, 9.17) is 4.74 Å². The van der Waals surface area contributed by atoms with Crippen LogP contribution in [-0.4, -0.2) is 23.3 Å². The number of hydrogen-bond acceptors (Lipinski definition) is 6. The zero-order valence-electron chi connectivity index (χ0n) is 12.4. The van der Waals surface area contributed by atoms with Crippen LogP contribution in [0.3, 0.4) is 0 Å². The lowest BCUT2D eigenvalue weighted by atomic mass is 10.3. The van der Waals surface area contributed by atoms with Crippen LogP contribution in [0.25, 0.3) is 10.2 Å². The maximum absolute atomic E-state index is 12.4. The Morgan fingerprint density at radius 1 is 1.39 bits per heavy atom. The average molecular weight is 363 g/mol. The van der Waals surface area contributed by atoms with E-state index in [1.54, 1.807) is 34.4 Å². The summed E-state index contributed by atoms with van der Waals surface area (Å²) in [6.45, 7) is 2.60. The minimum atomic E-state index is 0.0365. The summed E-state index contributed by atoms with van der Waals surface area (Å²) in [4.78, 5) is 20.1. The Bertz CT molecular complexity index is 844. The van der Waals surface area contributed by atoms with Crippen molar-refractivity contribution in [3.8, 4) is 5.75 Å². The molecule has 1 aliphatic rings. The lowest BCUT2D eigenvalue weighted by Crippen LogP contribution is -2.27. The number of fused-ring (bicyclic) bond motifs is 1. The maximum atomic E-state index is 12.4. The minimum absolute atomic E-state index is 0.0365. The van der Waals surface area contributed by atoms with E-state index >= 15 is 0 Å². The van der Waals surface area contributed by atoms with Gasteiger partial charge in [0.2, 0.25) is 5.91 Å². The first kappa shape index (κ1) is 15.0. The first-order valence-electron chi connectivity index (χ1n) is 7.26. The third-order valence-corrected chi connectivity index (χ3v) is 6.81. The number of ether oxygens (including phenoxy) is 1. The maximum Gasteiger partial charge on any atom is 0.240 e. The Morgan fingerprint density at radius 3 is 3.09 bits per heavy atom. The van der Waals surface area contributed by atoms with Gasteiger partial charge in [-0.15, -0.1) is 23.1 Å². The number of thioether (sulfide) groups is 1. The van der Waals surface area contributed by atoms with Crippen molar-refractivity contribution in [1.29, 1.82) is 0 Å². The van der Waals surface area contributed by atoms with Gasteiger partial charge in [-0.1, -0.05) is 17.4 Å². The second kappa shape index (κ2) is 6.14. The number of thiazole rings is 1. The molecule has 1 amide bonds. The molecule has 3 heterocycles. The van der Waals surface area contributed by atoms with E-state index in [1.807, 2.05) is 41.5 Å². The molecule has 0 aliphatic carbocycles. The number of nitrogens with zero attached hydrogens (tertiary/aromatic N) is 2. The summed E-state index contributed by atoms with van der Waals surface area (Å²) in [6, 6.07) is 9.97. The van der Waals surface area contributed by atoms with Gasteiger partial charge in [-0.3, -0.25) is 9.69 Å². The van der Waals surface area contributed by atoms with Crippen LogP contribution in [0.5, 0.6) is 5.75 Å². The third-order valence-electron chi connectivity index (χ3n) is 3.52. The highest BCUT2D eigenvalue weighted by molar-refractivity contribution is 8.01. The normalized spacial score (nSPS) is 18.0. The van der Waals surface area contributed by atoms with Crippen LogP contribution in [0.4, 0.5) is 5.13 Å². The molecule has 0 saturated carbocycles.